The molecule has 134 valence electrons. The Morgan fingerprint density at radius 3 is 1.70 bits per heavy atom. The van der Waals surface area contributed by atoms with Crippen molar-refractivity contribution < 1.29 is 4.79 Å². The lowest BCUT2D eigenvalue weighted by molar-refractivity contribution is -0.110. The van der Waals surface area contributed by atoms with Crippen molar-refractivity contribution in [3.8, 4) is 12.1 Å². The summed E-state index contributed by atoms with van der Waals surface area (Å²) in [6.45, 7) is 0. The molecule has 4 rings (SSSR count). The summed E-state index contributed by atoms with van der Waals surface area (Å²) in [6, 6.07) is 10.4. The Morgan fingerprint density at radius 1 is 0.852 bits per heavy atom. The van der Waals surface area contributed by atoms with E-state index >= 15 is 0 Å². The molecule has 0 amide bonds. The van der Waals surface area contributed by atoms with Crippen LogP contribution >= 0.6 is 44.3 Å². The highest BCUT2D eigenvalue weighted by Gasteiger charge is 2.12. The van der Waals surface area contributed by atoms with Gasteiger partial charge in [0, 0.05) is 22.9 Å². The highest BCUT2D eigenvalue weighted by Crippen LogP contribution is 2.30. The maximum atomic E-state index is 12.4. The summed E-state index contributed by atoms with van der Waals surface area (Å²) in [5.41, 5.74) is -0.533. The summed E-state index contributed by atoms with van der Waals surface area (Å²) in [6.07, 6.45) is 1.87. The Kier molecular flexibility index (Phi) is 6.30. The van der Waals surface area contributed by atoms with Crippen molar-refractivity contribution in [3.05, 3.63) is 63.5 Å². The fraction of sp³-hybridized carbons (Fsp3) is 0.167. The zero-order chi connectivity index (χ0) is 19.4. The fourth-order valence-electron chi connectivity index (χ4n) is 2.38. The first-order chi connectivity index (χ1) is 13.1. The van der Waals surface area contributed by atoms with Gasteiger partial charge in [0.15, 0.2) is 5.12 Å². The van der Waals surface area contributed by atoms with Crippen LogP contribution in [-0.2, 0) is 4.79 Å². The van der Waals surface area contributed by atoms with Gasteiger partial charge in [0.2, 0.25) is 10.9 Å². The van der Waals surface area contributed by atoms with Crippen LogP contribution in [-0.4, -0.2) is 10.9 Å². The van der Waals surface area contributed by atoms with Gasteiger partial charge < -0.3 is 0 Å². The van der Waals surface area contributed by atoms with Gasteiger partial charge in [-0.05, 0) is 17.2 Å². The lowest BCUT2D eigenvalue weighted by atomic mass is 10.1. The number of nitriles is 2. The summed E-state index contributed by atoms with van der Waals surface area (Å²) in [4.78, 5) is 35.5. The Morgan fingerprint density at radius 2 is 1.37 bits per heavy atom. The molecule has 2 heterocycles. The Bertz CT molecular complexity index is 1200. The van der Waals surface area contributed by atoms with E-state index in [0.29, 0.717) is 15.9 Å². The van der Waals surface area contributed by atoms with Gasteiger partial charge in [-0.15, -0.1) is 22.7 Å². The molecule has 2 aliphatic heterocycles. The van der Waals surface area contributed by atoms with E-state index in [1.165, 1.54) is 10.8 Å². The molecule has 1 aliphatic carbocycles. The summed E-state index contributed by atoms with van der Waals surface area (Å²) in [5.74, 6) is 1.15. The van der Waals surface area contributed by atoms with E-state index in [-0.39, 0.29) is 29.7 Å². The number of benzene rings is 1. The first-order valence-electron chi connectivity index (χ1n) is 7.72. The lowest BCUT2D eigenvalue weighted by Gasteiger charge is -2.03. The quantitative estimate of drug-likeness (QED) is 0.500. The third kappa shape index (κ3) is 4.07. The first kappa shape index (κ1) is 19.6. The van der Waals surface area contributed by atoms with E-state index < -0.39 is 0 Å². The molecule has 1 saturated heterocycles. The Labute approximate surface area is 169 Å². The third-order valence-corrected chi connectivity index (χ3v) is 8.43. The molecule has 3 aliphatic rings. The van der Waals surface area contributed by atoms with E-state index in [9.17, 15) is 14.4 Å². The van der Waals surface area contributed by atoms with Gasteiger partial charge in [-0.1, -0.05) is 35.1 Å². The van der Waals surface area contributed by atoms with Crippen LogP contribution in [0.1, 0.15) is 22.6 Å². The molecule has 1 aromatic carbocycles. The van der Waals surface area contributed by atoms with E-state index in [1.807, 2.05) is 12.1 Å². The van der Waals surface area contributed by atoms with Crippen molar-refractivity contribution in [2.75, 3.05) is 5.75 Å². The molecular weight excluding hydrogens is 420 g/mol. The minimum atomic E-state index is -0.266. The van der Waals surface area contributed by atoms with E-state index in [0.717, 1.165) is 41.3 Å². The SMILES string of the molecule is N#Cc1sc2c(=O)c3ccccc3c(=O)c=2sc1C#N.O=C1CCCSS1. The Hall–Kier alpha value is -2.17. The van der Waals surface area contributed by atoms with Gasteiger partial charge in [-0.25, -0.2) is 0 Å². The second kappa shape index (κ2) is 8.68. The van der Waals surface area contributed by atoms with E-state index in [2.05, 4.69) is 0 Å². The molecule has 0 radical (unpaired) electrons. The average Bonchev–Trinajstić information content (AvgIpc) is 2.72. The summed E-state index contributed by atoms with van der Waals surface area (Å²) < 4.78 is 0.489. The normalized spacial score (nSPS) is 13.5. The molecule has 5 nitrogen and oxygen atoms in total. The second-order valence-electron chi connectivity index (χ2n) is 5.33. The van der Waals surface area contributed by atoms with Gasteiger partial charge >= 0.3 is 0 Å². The minimum Gasteiger partial charge on any atom is -0.288 e. The molecule has 0 unspecified atom stereocenters. The van der Waals surface area contributed by atoms with Gasteiger partial charge in [0.05, 0.1) is 9.06 Å². The topological polar surface area (TPSA) is 98.8 Å². The average molecular weight is 431 g/mol. The van der Waals surface area contributed by atoms with Crippen LogP contribution in [0.2, 0.25) is 0 Å². The molecule has 0 spiro atoms. The zero-order valence-electron chi connectivity index (χ0n) is 13.7. The lowest BCUT2D eigenvalue weighted by Crippen LogP contribution is -2.13. The van der Waals surface area contributed by atoms with Crippen molar-refractivity contribution in [2.24, 2.45) is 0 Å². The first-order valence-corrected chi connectivity index (χ1v) is 11.7. The number of hydrogen-bond donors (Lipinski definition) is 0. The van der Waals surface area contributed by atoms with Crippen LogP contribution in [0.4, 0.5) is 0 Å². The van der Waals surface area contributed by atoms with Crippen molar-refractivity contribution in [1.82, 2.24) is 0 Å². The number of hydrogen-bond acceptors (Lipinski definition) is 9. The van der Waals surface area contributed by atoms with Crippen LogP contribution < -0.4 is 10.9 Å². The molecular formula is C18H10N2O3S4. The van der Waals surface area contributed by atoms with Crippen LogP contribution in [0.3, 0.4) is 0 Å². The van der Waals surface area contributed by atoms with Gasteiger partial charge in [-0.2, -0.15) is 10.5 Å². The zero-order valence-corrected chi connectivity index (χ0v) is 16.9. The van der Waals surface area contributed by atoms with E-state index in [4.69, 9.17) is 10.5 Å². The maximum absolute atomic E-state index is 12.4. The molecule has 1 aromatic rings. The van der Waals surface area contributed by atoms with Crippen LogP contribution in [0, 0.1) is 31.7 Å². The van der Waals surface area contributed by atoms with Crippen LogP contribution in [0.25, 0.3) is 10.8 Å². The van der Waals surface area contributed by atoms with Gasteiger partial charge in [-0.3, -0.25) is 14.4 Å². The monoisotopic (exact) mass is 430 g/mol. The van der Waals surface area contributed by atoms with E-state index in [1.54, 1.807) is 35.1 Å². The molecule has 1 fully saturated rings. The molecule has 0 saturated carbocycles. The minimum absolute atomic E-state index is 0.164. The number of carbonyl (C=O) groups is 1. The molecule has 0 N–H and O–H groups in total. The van der Waals surface area contributed by atoms with Gasteiger partial charge in [0.25, 0.3) is 0 Å². The molecule has 0 atom stereocenters. The number of nitrogens with zero attached hydrogens (tertiary/aromatic N) is 2. The standard InChI is InChI=1S/C14H4N2O2S2.C4H6OS2/c15-5-9-10(6-16)20-14-12(18)8-4-2-1-3-7(8)11(17)13(14)19-9;5-4-2-1-3-6-7-4/h1-4H;1-3H2. The summed E-state index contributed by atoms with van der Waals surface area (Å²) in [7, 11) is 3.07. The van der Waals surface area contributed by atoms with Crippen LogP contribution in [0.5, 0.6) is 0 Å². The molecule has 0 bridgehead atoms. The van der Waals surface area contributed by atoms with Crippen LogP contribution in [0.15, 0.2) is 33.9 Å². The summed E-state index contributed by atoms with van der Waals surface area (Å²) in [5, 5.41) is 19.1. The predicted octanol–water partition coefficient (Wildman–Crippen LogP) is 3.84. The predicted molar refractivity (Wildman–Crippen MR) is 111 cm³/mol. The highest BCUT2D eigenvalue weighted by molar-refractivity contribution is 8.82. The second-order valence-corrected chi connectivity index (χ2v) is 9.84. The van der Waals surface area contributed by atoms with Crippen molar-refractivity contribution in [3.63, 3.8) is 0 Å². The molecule has 9 heteroatoms. The Balaban J connectivity index is 0.000000253. The number of fused-ring (bicyclic) bond motifs is 1. The fourth-order valence-corrected chi connectivity index (χ4v) is 6.39. The van der Waals surface area contributed by atoms with Gasteiger partial charge in [0.1, 0.15) is 21.9 Å². The van der Waals surface area contributed by atoms with Crippen molar-refractivity contribution >= 4 is 60.1 Å². The largest absolute Gasteiger partial charge is 0.288 e. The molecule has 0 aromatic heterocycles. The summed E-state index contributed by atoms with van der Waals surface area (Å²) >= 11 is 1.82. The molecule has 27 heavy (non-hydrogen) atoms. The van der Waals surface area contributed by atoms with Crippen molar-refractivity contribution in [1.29, 1.82) is 10.5 Å². The highest BCUT2D eigenvalue weighted by atomic mass is 33.1. The number of rotatable bonds is 0. The maximum Gasteiger partial charge on any atom is 0.205 e. The number of carbonyl (C=O) groups excluding carboxylic acids is 1. The van der Waals surface area contributed by atoms with Crippen molar-refractivity contribution in [2.45, 2.75) is 12.8 Å². The third-order valence-electron chi connectivity index (χ3n) is 3.61. The smallest absolute Gasteiger partial charge is 0.205 e.